The fraction of sp³-hybridized carbons (Fsp3) is 0.650. The van der Waals surface area contributed by atoms with Gasteiger partial charge in [0, 0.05) is 18.7 Å². The Morgan fingerprint density at radius 2 is 2.08 bits per heavy atom. The highest BCUT2D eigenvalue weighted by atomic mass is 16.6. The molecule has 4 fully saturated rings. The molecular weight excluding hydrogens is 318 g/mol. The highest BCUT2D eigenvalue weighted by Gasteiger charge is 2.82. The van der Waals surface area contributed by atoms with E-state index in [1.54, 1.807) is 7.11 Å². The summed E-state index contributed by atoms with van der Waals surface area (Å²) in [7, 11) is 1.67. The normalized spacial score (nSPS) is 40.5. The van der Waals surface area contributed by atoms with Crippen LogP contribution in [-0.4, -0.2) is 48.8 Å². The molecule has 2 saturated carbocycles. The Hall–Kier alpha value is -1.75. The molecule has 132 valence electrons. The minimum absolute atomic E-state index is 0.0181. The zero-order valence-corrected chi connectivity index (χ0v) is 14.5. The average Bonchev–Trinajstić information content (AvgIpc) is 3.54. The first kappa shape index (κ1) is 14.4. The molecular formula is C20H23NO4. The Kier molecular flexibility index (Phi) is 2.60. The first-order valence-electron chi connectivity index (χ1n) is 9.52. The Bertz CT molecular complexity index is 775. The molecule has 2 aliphatic carbocycles. The summed E-state index contributed by atoms with van der Waals surface area (Å²) in [6.45, 7) is 1.72. The number of piperidine rings is 1. The molecule has 5 aliphatic rings. The van der Waals surface area contributed by atoms with Crippen LogP contribution in [-0.2, 0) is 14.9 Å². The van der Waals surface area contributed by atoms with Crippen molar-refractivity contribution in [2.75, 3.05) is 20.2 Å². The molecule has 5 nitrogen and oxygen atoms in total. The van der Waals surface area contributed by atoms with E-state index in [2.05, 4.69) is 11.0 Å². The van der Waals surface area contributed by atoms with Crippen LogP contribution in [0.2, 0.25) is 0 Å². The largest absolute Gasteiger partial charge is 0.493 e. The standard InChI is InChI=1S/C20H23NO4/c1-23-14-4-2-3-13-17(14)24-15-7-8-16-20(25-16)18(22)21(11-12-5-6-12)10-9-19(13,15)20/h2-4,12,15-16H,5-11H2,1H3. The van der Waals surface area contributed by atoms with Gasteiger partial charge in [-0.2, -0.15) is 0 Å². The van der Waals surface area contributed by atoms with Crippen molar-refractivity contribution in [1.82, 2.24) is 4.90 Å². The van der Waals surface area contributed by atoms with E-state index in [-0.39, 0.29) is 23.5 Å². The van der Waals surface area contributed by atoms with E-state index in [0.717, 1.165) is 49.4 Å². The molecule has 0 N–H and O–H groups in total. The maximum Gasteiger partial charge on any atom is 0.258 e. The Labute approximate surface area is 147 Å². The number of epoxide rings is 1. The lowest BCUT2D eigenvalue weighted by molar-refractivity contribution is -0.148. The van der Waals surface area contributed by atoms with E-state index in [1.807, 2.05) is 12.1 Å². The van der Waals surface area contributed by atoms with Gasteiger partial charge in [0.05, 0.1) is 18.6 Å². The van der Waals surface area contributed by atoms with Gasteiger partial charge in [0.1, 0.15) is 6.10 Å². The predicted molar refractivity (Wildman–Crippen MR) is 89.8 cm³/mol. The number of amides is 1. The maximum atomic E-state index is 13.5. The van der Waals surface area contributed by atoms with Gasteiger partial charge in [0.25, 0.3) is 5.91 Å². The number of hydrogen-bond donors (Lipinski definition) is 0. The highest BCUT2D eigenvalue weighted by molar-refractivity contribution is 5.93. The summed E-state index contributed by atoms with van der Waals surface area (Å²) >= 11 is 0. The molecule has 2 saturated heterocycles. The van der Waals surface area contributed by atoms with E-state index in [9.17, 15) is 4.79 Å². The molecule has 4 unspecified atom stereocenters. The van der Waals surface area contributed by atoms with Gasteiger partial charge in [-0.1, -0.05) is 12.1 Å². The second kappa shape index (κ2) is 4.50. The number of nitrogens with zero attached hydrogens (tertiary/aromatic N) is 1. The summed E-state index contributed by atoms with van der Waals surface area (Å²) in [5.74, 6) is 2.51. The Morgan fingerprint density at radius 1 is 1.24 bits per heavy atom. The van der Waals surface area contributed by atoms with Crippen molar-refractivity contribution in [1.29, 1.82) is 0 Å². The predicted octanol–water partition coefficient (Wildman–Crippen LogP) is 2.27. The van der Waals surface area contributed by atoms with Gasteiger partial charge in [-0.05, 0) is 44.1 Å². The number of ether oxygens (including phenoxy) is 3. The zero-order valence-electron chi connectivity index (χ0n) is 14.5. The number of likely N-dealkylation sites (tertiary alicyclic amines) is 1. The van der Waals surface area contributed by atoms with Crippen LogP contribution in [0.5, 0.6) is 11.5 Å². The topological polar surface area (TPSA) is 51.3 Å². The number of para-hydroxylation sites is 1. The fourth-order valence-electron chi connectivity index (χ4n) is 5.75. The zero-order chi connectivity index (χ0) is 16.8. The van der Waals surface area contributed by atoms with Crippen molar-refractivity contribution in [2.45, 2.75) is 55.3 Å². The molecule has 2 spiro atoms. The molecule has 5 heteroatoms. The lowest BCUT2D eigenvalue weighted by Crippen LogP contribution is -2.66. The van der Waals surface area contributed by atoms with E-state index >= 15 is 0 Å². The summed E-state index contributed by atoms with van der Waals surface area (Å²) in [6.07, 6.45) is 5.37. The smallest absolute Gasteiger partial charge is 0.258 e. The van der Waals surface area contributed by atoms with E-state index in [1.165, 1.54) is 12.8 Å². The van der Waals surface area contributed by atoms with Crippen molar-refractivity contribution in [3.63, 3.8) is 0 Å². The third-order valence-electron chi connectivity index (χ3n) is 7.12. The monoisotopic (exact) mass is 341 g/mol. The van der Waals surface area contributed by atoms with Crippen LogP contribution >= 0.6 is 0 Å². The van der Waals surface area contributed by atoms with Gasteiger partial charge in [-0.3, -0.25) is 4.79 Å². The van der Waals surface area contributed by atoms with Gasteiger partial charge in [-0.25, -0.2) is 0 Å². The van der Waals surface area contributed by atoms with Crippen LogP contribution in [0.15, 0.2) is 18.2 Å². The molecule has 1 amide bonds. The van der Waals surface area contributed by atoms with Gasteiger partial charge < -0.3 is 19.1 Å². The average molecular weight is 341 g/mol. The quantitative estimate of drug-likeness (QED) is 0.792. The van der Waals surface area contributed by atoms with Crippen molar-refractivity contribution in [2.24, 2.45) is 5.92 Å². The Morgan fingerprint density at radius 3 is 2.88 bits per heavy atom. The van der Waals surface area contributed by atoms with Crippen LogP contribution < -0.4 is 9.47 Å². The molecule has 4 atom stereocenters. The molecule has 3 aliphatic heterocycles. The summed E-state index contributed by atoms with van der Waals surface area (Å²) < 4.78 is 18.2. The highest BCUT2D eigenvalue weighted by Crippen LogP contribution is 2.68. The van der Waals surface area contributed by atoms with Crippen LogP contribution in [0.4, 0.5) is 0 Å². The molecule has 1 aromatic rings. The summed E-state index contributed by atoms with van der Waals surface area (Å²) in [5.41, 5.74) is 0.0934. The van der Waals surface area contributed by atoms with E-state index < -0.39 is 5.60 Å². The van der Waals surface area contributed by atoms with Crippen molar-refractivity contribution < 1.29 is 19.0 Å². The minimum Gasteiger partial charge on any atom is -0.493 e. The van der Waals surface area contributed by atoms with Crippen molar-refractivity contribution >= 4 is 5.91 Å². The van der Waals surface area contributed by atoms with Gasteiger partial charge in [-0.15, -0.1) is 0 Å². The molecule has 0 radical (unpaired) electrons. The van der Waals surface area contributed by atoms with Crippen LogP contribution in [0, 0.1) is 5.92 Å². The summed E-state index contributed by atoms with van der Waals surface area (Å²) in [6, 6.07) is 6.07. The molecule has 1 aromatic carbocycles. The summed E-state index contributed by atoms with van der Waals surface area (Å²) in [5, 5.41) is 0. The lowest BCUT2D eigenvalue weighted by Gasteiger charge is -2.48. The number of fused-ring (bicyclic) bond motifs is 1. The van der Waals surface area contributed by atoms with Crippen molar-refractivity contribution in [3.8, 4) is 11.5 Å². The molecule has 3 heterocycles. The molecule has 6 rings (SSSR count). The molecule has 0 bridgehead atoms. The SMILES string of the molecule is COc1cccc2c1OC1CCC3OC34C(=O)N(CC3CC3)CCC214. The van der Waals surface area contributed by atoms with Crippen LogP contribution in [0.3, 0.4) is 0 Å². The lowest BCUT2D eigenvalue weighted by atomic mass is 9.57. The van der Waals surface area contributed by atoms with Gasteiger partial charge >= 0.3 is 0 Å². The van der Waals surface area contributed by atoms with E-state index in [4.69, 9.17) is 14.2 Å². The number of hydrogen-bond acceptors (Lipinski definition) is 4. The second-order valence-corrected chi connectivity index (χ2v) is 8.28. The van der Waals surface area contributed by atoms with E-state index in [0.29, 0.717) is 5.92 Å². The van der Waals surface area contributed by atoms with Crippen LogP contribution in [0.1, 0.15) is 37.7 Å². The number of benzene rings is 1. The third kappa shape index (κ3) is 1.57. The number of rotatable bonds is 3. The van der Waals surface area contributed by atoms with Crippen molar-refractivity contribution in [3.05, 3.63) is 23.8 Å². The first-order valence-corrected chi connectivity index (χ1v) is 9.52. The third-order valence-corrected chi connectivity index (χ3v) is 7.12. The van der Waals surface area contributed by atoms with Crippen LogP contribution in [0.25, 0.3) is 0 Å². The second-order valence-electron chi connectivity index (χ2n) is 8.28. The minimum atomic E-state index is -0.694. The number of carbonyl (C=O) groups excluding carboxylic acids is 1. The van der Waals surface area contributed by atoms with Gasteiger partial charge in [0.15, 0.2) is 17.1 Å². The molecule has 25 heavy (non-hydrogen) atoms. The molecule has 0 aromatic heterocycles. The number of methoxy groups -OCH3 is 1. The maximum absolute atomic E-state index is 13.5. The summed E-state index contributed by atoms with van der Waals surface area (Å²) in [4.78, 5) is 15.6. The Balaban J connectivity index is 1.48. The number of carbonyl (C=O) groups is 1. The first-order chi connectivity index (χ1) is 12.2. The van der Waals surface area contributed by atoms with Gasteiger partial charge in [0.2, 0.25) is 0 Å². The fourth-order valence-corrected chi connectivity index (χ4v) is 5.75.